The predicted molar refractivity (Wildman–Crippen MR) is 119 cm³/mol. The Balaban J connectivity index is 1.86. The average molecular weight is 437 g/mol. The van der Waals surface area contributed by atoms with E-state index in [2.05, 4.69) is 5.32 Å². The molecule has 0 radical (unpaired) electrons. The van der Waals surface area contributed by atoms with Gasteiger partial charge in [0.1, 0.15) is 6.54 Å². The lowest BCUT2D eigenvalue weighted by Crippen LogP contribution is -2.39. The number of hydrogen-bond acceptors (Lipinski definition) is 4. The number of methoxy groups -OCH3 is 2. The van der Waals surface area contributed by atoms with E-state index in [9.17, 15) is 9.59 Å². The summed E-state index contributed by atoms with van der Waals surface area (Å²) in [6.45, 7) is -0.112. The van der Waals surface area contributed by atoms with Gasteiger partial charge in [-0.05, 0) is 42.0 Å². The molecule has 0 spiro atoms. The van der Waals surface area contributed by atoms with Crippen LogP contribution in [0.2, 0.25) is 5.02 Å². The van der Waals surface area contributed by atoms with E-state index in [0.29, 0.717) is 27.8 Å². The van der Waals surface area contributed by atoms with Crippen LogP contribution in [0.15, 0.2) is 66.7 Å². The molecule has 1 unspecified atom stereocenters. The van der Waals surface area contributed by atoms with E-state index < -0.39 is 6.04 Å². The number of ether oxygens (including phenoxy) is 2. The zero-order valence-corrected chi connectivity index (χ0v) is 17.8. The molecule has 1 aliphatic rings. The summed E-state index contributed by atoms with van der Waals surface area (Å²) in [6, 6.07) is 19.3. The summed E-state index contributed by atoms with van der Waals surface area (Å²) in [5, 5.41) is 3.41. The van der Waals surface area contributed by atoms with Crippen molar-refractivity contribution < 1.29 is 19.1 Å². The molecule has 31 heavy (non-hydrogen) atoms. The molecular weight excluding hydrogens is 416 g/mol. The van der Waals surface area contributed by atoms with Crippen molar-refractivity contribution in [2.75, 3.05) is 26.1 Å². The molecule has 1 N–H and O–H groups in total. The lowest BCUT2D eigenvalue weighted by Gasteiger charge is -2.31. The van der Waals surface area contributed by atoms with Crippen molar-refractivity contribution in [2.24, 2.45) is 0 Å². The maximum Gasteiger partial charge on any atom is 0.255 e. The molecule has 3 aromatic carbocycles. The van der Waals surface area contributed by atoms with E-state index in [1.54, 1.807) is 41.3 Å². The quantitative estimate of drug-likeness (QED) is 0.652. The van der Waals surface area contributed by atoms with Gasteiger partial charge in [-0.15, -0.1) is 0 Å². The van der Waals surface area contributed by atoms with Crippen molar-refractivity contribution in [1.82, 2.24) is 4.90 Å². The second kappa shape index (κ2) is 8.70. The zero-order chi connectivity index (χ0) is 22.0. The largest absolute Gasteiger partial charge is 0.493 e. The third-order valence-electron chi connectivity index (χ3n) is 5.21. The first-order chi connectivity index (χ1) is 15.0. The Morgan fingerprint density at radius 2 is 1.74 bits per heavy atom. The van der Waals surface area contributed by atoms with Crippen molar-refractivity contribution in [2.45, 2.75) is 6.04 Å². The average Bonchev–Trinajstić information content (AvgIpc) is 2.94. The molecule has 6 nitrogen and oxygen atoms in total. The molecule has 1 atom stereocenters. The molecule has 158 valence electrons. The van der Waals surface area contributed by atoms with Crippen LogP contribution in [0.3, 0.4) is 0 Å². The molecule has 0 aromatic heterocycles. The highest BCUT2D eigenvalue weighted by Crippen LogP contribution is 2.38. The van der Waals surface area contributed by atoms with Gasteiger partial charge in [0.05, 0.1) is 20.3 Å². The van der Waals surface area contributed by atoms with E-state index in [-0.39, 0.29) is 18.4 Å². The van der Waals surface area contributed by atoms with Gasteiger partial charge in [0.15, 0.2) is 11.5 Å². The number of amides is 2. The van der Waals surface area contributed by atoms with Crippen molar-refractivity contribution >= 4 is 29.1 Å². The highest BCUT2D eigenvalue weighted by atomic mass is 35.5. The van der Waals surface area contributed by atoms with Crippen LogP contribution in [0.25, 0.3) is 0 Å². The summed E-state index contributed by atoms with van der Waals surface area (Å²) >= 11 is 6.29. The lowest BCUT2D eigenvalue weighted by atomic mass is 9.95. The van der Waals surface area contributed by atoms with E-state index in [1.165, 1.54) is 14.2 Å². The molecule has 0 aliphatic carbocycles. The number of carbonyl (C=O) groups is 2. The van der Waals surface area contributed by atoms with Crippen LogP contribution in [0.5, 0.6) is 11.5 Å². The first-order valence-corrected chi connectivity index (χ1v) is 10.1. The summed E-state index contributed by atoms with van der Waals surface area (Å²) < 4.78 is 10.6. The predicted octanol–water partition coefficient (Wildman–Crippen LogP) is 4.54. The van der Waals surface area contributed by atoms with Gasteiger partial charge in [-0.25, -0.2) is 0 Å². The van der Waals surface area contributed by atoms with Crippen LogP contribution in [0.4, 0.5) is 5.69 Å². The highest BCUT2D eigenvalue weighted by Gasteiger charge is 2.34. The van der Waals surface area contributed by atoms with E-state index in [1.807, 2.05) is 30.3 Å². The second-order valence-electron chi connectivity index (χ2n) is 7.10. The summed E-state index contributed by atoms with van der Waals surface area (Å²) in [5.74, 6) is 0.366. The molecule has 1 heterocycles. The number of fused-ring (bicyclic) bond motifs is 1. The number of rotatable bonds is 4. The van der Waals surface area contributed by atoms with Gasteiger partial charge in [-0.3, -0.25) is 9.59 Å². The molecule has 4 rings (SSSR count). The van der Waals surface area contributed by atoms with Gasteiger partial charge in [0, 0.05) is 21.8 Å². The first-order valence-electron chi connectivity index (χ1n) is 9.69. The maximum absolute atomic E-state index is 13.7. The fraction of sp³-hybridized carbons (Fsp3) is 0.167. The highest BCUT2D eigenvalue weighted by molar-refractivity contribution is 6.30. The molecule has 3 aromatic rings. The zero-order valence-electron chi connectivity index (χ0n) is 17.1. The minimum Gasteiger partial charge on any atom is -0.493 e. The lowest BCUT2D eigenvalue weighted by molar-refractivity contribution is -0.117. The van der Waals surface area contributed by atoms with E-state index in [4.69, 9.17) is 21.1 Å². The monoisotopic (exact) mass is 436 g/mol. The van der Waals surface area contributed by atoms with Crippen molar-refractivity contribution in [3.8, 4) is 11.5 Å². The van der Waals surface area contributed by atoms with Crippen LogP contribution in [0.1, 0.15) is 27.5 Å². The first kappa shape index (κ1) is 20.8. The fourth-order valence-corrected chi connectivity index (χ4v) is 3.98. The third kappa shape index (κ3) is 4.07. The number of carbonyl (C=O) groups excluding carboxylic acids is 2. The Hall–Kier alpha value is -3.51. The van der Waals surface area contributed by atoms with E-state index >= 15 is 0 Å². The van der Waals surface area contributed by atoms with Crippen molar-refractivity contribution in [3.63, 3.8) is 0 Å². The number of hydrogen-bond donors (Lipinski definition) is 1. The summed E-state index contributed by atoms with van der Waals surface area (Å²) in [4.78, 5) is 27.9. The molecule has 0 bridgehead atoms. The van der Waals surface area contributed by atoms with Gasteiger partial charge in [-0.1, -0.05) is 41.9 Å². The maximum atomic E-state index is 13.7. The van der Waals surface area contributed by atoms with Crippen LogP contribution in [-0.2, 0) is 4.79 Å². The Bertz CT molecular complexity index is 1130. The minimum absolute atomic E-state index is 0.112. The number of nitrogens with one attached hydrogen (secondary N) is 1. The second-order valence-corrected chi connectivity index (χ2v) is 7.53. The summed E-state index contributed by atoms with van der Waals surface area (Å²) in [6.07, 6.45) is 0. The molecule has 0 fully saturated rings. The smallest absolute Gasteiger partial charge is 0.255 e. The van der Waals surface area contributed by atoms with Gasteiger partial charge in [0.2, 0.25) is 5.91 Å². The Labute approximate surface area is 185 Å². The molecule has 1 aliphatic heterocycles. The normalized spacial score (nSPS) is 15.5. The van der Waals surface area contributed by atoms with Gasteiger partial charge in [-0.2, -0.15) is 0 Å². The fourth-order valence-electron chi connectivity index (χ4n) is 3.80. The van der Waals surface area contributed by atoms with Crippen LogP contribution >= 0.6 is 11.6 Å². The van der Waals surface area contributed by atoms with E-state index in [0.717, 1.165) is 11.1 Å². The van der Waals surface area contributed by atoms with Crippen molar-refractivity contribution in [1.29, 1.82) is 0 Å². The summed E-state index contributed by atoms with van der Waals surface area (Å²) in [7, 11) is 3.04. The number of halogens is 1. The Morgan fingerprint density at radius 3 is 2.45 bits per heavy atom. The van der Waals surface area contributed by atoms with Crippen LogP contribution in [0, 0.1) is 0 Å². The van der Waals surface area contributed by atoms with Gasteiger partial charge >= 0.3 is 0 Å². The molecular formula is C24H21ClN2O4. The third-order valence-corrected chi connectivity index (χ3v) is 5.45. The SMILES string of the molecule is COc1ccc(C(=O)N2CC(=O)Nc3ccc(Cl)cc3C2c2ccccc2)cc1OC. The Morgan fingerprint density at radius 1 is 1.00 bits per heavy atom. The number of anilines is 1. The van der Waals surface area contributed by atoms with Crippen LogP contribution < -0.4 is 14.8 Å². The number of benzene rings is 3. The molecule has 7 heteroatoms. The molecule has 0 saturated heterocycles. The minimum atomic E-state index is -0.505. The number of nitrogens with zero attached hydrogens (tertiary/aromatic N) is 1. The van der Waals surface area contributed by atoms with Crippen LogP contribution in [-0.4, -0.2) is 37.5 Å². The summed E-state index contributed by atoms with van der Waals surface area (Å²) in [5.41, 5.74) is 2.64. The molecule has 0 saturated carbocycles. The topological polar surface area (TPSA) is 67.9 Å². The standard InChI is InChI=1S/C24H21ClN2O4/c1-30-20-11-8-16(12-21(20)31-2)24(29)27-14-22(28)26-19-10-9-17(25)13-18(19)23(27)15-6-4-3-5-7-15/h3-13,23H,14H2,1-2H3,(H,26,28). The van der Waals surface area contributed by atoms with Gasteiger partial charge in [0.25, 0.3) is 5.91 Å². The van der Waals surface area contributed by atoms with Crippen molar-refractivity contribution in [3.05, 3.63) is 88.4 Å². The van der Waals surface area contributed by atoms with Gasteiger partial charge < -0.3 is 19.7 Å². The Kier molecular flexibility index (Phi) is 5.82. The molecule has 2 amide bonds.